The van der Waals surface area contributed by atoms with Crippen LogP contribution in [0.3, 0.4) is 0 Å². The molecule has 32 heavy (non-hydrogen) atoms. The number of hydrogen-bond donors (Lipinski definition) is 1. The smallest absolute Gasteiger partial charge is 0.273 e. The molecule has 0 saturated carbocycles. The Bertz CT molecular complexity index is 1290. The summed E-state index contributed by atoms with van der Waals surface area (Å²) >= 11 is 1.28. The minimum absolute atomic E-state index is 0.112. The molecule has 8 nitrogen and oxygen atoms in total. The van der Waals surface area contributed by atoms with Gasteiger partial charge in [-0.15, -0.1) is 0 Å². The summed E-state index contributed by atoms with van der Waals surface area (Å²) in [5, 5.41) is 3.52. The minimum atomic E-state index is -0.276. The SMILES string of the molecule is COc1cccc(CNC(=O)Cn2cnc3nc(N(C)Cc4ccccc4)sc3c2=O)c1. The lowest BCUT2D eigenvalue weighted by Crippen LogP contribution is -2.31. The zero-order valence-corrected chi connectivity index (χ0v) is 18.6. The predicted octanol–water partition coefficient (Wildman–Crippen LogP) is 2.81. The largest absolute Gasteiger partial charge is 0.497 e. The van der Waals surface area contributed by atoms with E-state index in [1.54, 1.807) is 7.11 Å². The Kier molecular flexibility index (Phi) is 6.46. The van der Waals surface area contributed by atoms with E-state index in [2.05, 4.69) is 15.3 Å². The van der Waals surface area contributed by atoms with Crippen molar-refractivity contribution < 1.29 is 9.53 Å². The lowest BCUT2D eigenvalue weighted by Gasteiger charge is -2.15. The summed E-state index contributed by atoms with van der Waals surface area (Å²) in [6.45, 7) is 0.899. The number of hydrogen-bond acceptors (Lipinski definition) is 7. The van der Waals surface area contributed by atoms with Gasteiger partial charge in [0.2, 0.25) is 5.91 Å². The zero-order chi connectivity index (χ0) is 22.5. The molecule has 2 aromatic heterocycles. The Morgan fingerprint density at radius 3 is 2.72 bits per heavy atom. The van der Waals surface area contributed by atoms with Crippen LogP contribution in [0.25, 0.3) is 10.3 Å². The van der Waals surface area contributed by atoms with Gasteiger partial charge in [0.05, 0.1) is 7.11 Å². The van der Waals surface area contributed by atoms with Crippen molar-refractivity contribution in [3.63, 3.8) is 0 Å². The van der Waals surface area contributed by atoms with Crippen LogP contribution in [-0.4, -0.2) is 34.6 Å². The molecule has 0 radical (unpaired) electrons. The van der Waals surface area contributed by atoms with E-state index < -0.39 is 0 Å². The highest BCUT2D eigenvalue weighted by molar-refractivity contribution is 7.22. The molecule has 0 aliphatic rings. The summed E-state index contributed by atoms with van der Waals surface area (Å²) in [5.74, 6) is 0.447. The summed E-state index contributed by atoms with van der Waals surface area (Å²) in [5.41, 5.74) is 2.17. The first-order valence-electron chi connectivity index (χ1n) is 10.0. The summed E-state index contributed by atoms with van der Waals surface area (Å²) < 4.78 is 6.93. The Morgan fingerprint density at radius 1 is 1.16 bits per heavy atom. The number of fused-ring (bicyclic) bond motifs is 1. The highest BCUT2D eigenvalue weighted by Gasteiger charge is 2.15. The van der Waals surface area contributed by atoms with Crippen LogP contribution in [0, 0.1) is 0 Å². The van der Waals surface area contributed by atoms with Crippen LogP contribution in [0.4, 0.5) is 5.13 Å². The van der Waals surface area contributed by atoms with E-state index in [1.165, 1.54) is 22.2 Å². The first-order chi connectivity index (χ1) is 15.5. The lowest BCUT2D eigenvalue weighted by molar-refractivity contribution is -0.121. The monoisotopic (exact) mass is 449 g/mol. The van der Waals surface area contributed by atoms with Gasteiger partial charge in [-0.25, -0.2) is 4.98 Å². The number of carbonyl (C=O) groups is 1. The van der Waals surface area contributed by atoms with Gasteiger partial charge in [-0.1, -0.05) is 53.8 Å². The second kappa shape index (κ2) is 9.61. The minimum Gasteiger partial charge on any atom is -0.497 e. The molecule has 4 rings (SSSR count). The third-order valence-corrected chi connectivity index (χ3v) is 6.05. The number of benzene rings is 2. The van der Waals surface area contributed by atoms with Crippen molar-refractivity contribution in [3.05, 3.63) is 82.4 Å². The lowest BCUT2D eigenvalue weighted by atomic mass is 10.2. The van der Waals surface area contributed by atoms with Gasteiger partial charge in [-0.2, -0.15) is 4.98 Å². The van der Waals surface area contributed by atoms with Gasteiger partial charge in [0, 0.05) is 20.1 Å². The van der Waals surface area contributed by atoms with E-state index in [4.69, 9.17) is 4.74 Å². The number of carbonyl (C=O) groups excluding carboxylic acids is 1. The molecule has 9 heteroatoms. The fraction of sp³-hybridized carbons (Fsp3) is 0.217. The van der Waals surface area contributed by atoms with E-state index in [0.717, 1.165) is 16.9 Å². The van der Waals surface area contributed by atoms with Crippen LogP contribution in [-0.2, 0) is 24.4 Å². The average Bonchev–Trinajstić information content (AvgIpc) is 3.26. The van der Waals surface area contributed by atoms with Gasteiger partial charge in [-0.05, 0) is 23.3 Å². The van der Waals surface area contributed by atoms with Crippen LogP contribution in [0.15, 0.2) is 65.7 Å². The fourth-order valence-electron chi connectivity index (χ4n) is 3.23. The van der Waals surface area contributed by atoms with Crippen molar-refractivity contribution in [2.24, 2.45) is 0 Å². The molecule has 0 fully saturated rings. The van der Waals surface area contributed by atoms with Crippen LogP contribution in [0.5, 0.6) is 5.75 Å². The van der Waals surface area contributed by atoms with E-state index >= 15 is 0 Å². The Balaban J connectivity index is 1.44. The quantitative estimate of drug-likeness (QED) is 0.445. The predicted molar refractivity (Wildman–Crippen MR) is 125 cm³/mol. The second-order valence-corrected chi connectivity index (χ2v) is 8.27. The molecule has 0 saturated heterocycles. The number of ether oxygens (including phenoxy) is 1. The van der Waals surface area contributed by atoms with Crippen molar-refractivity contribution in [1.82, 2.24) is 19.9 Å². The normalized spacial score (nSPS) is 10.8. The van der Waals surface area contributed by atoms with Gasteiger partial charge in [0.25, 0.3) is 5.56 Å². The maximum atomic E-state index is 12.9. The van der Waals surface area contributed by atoms with Crippen LogP contribution in [0.1, 0.15) is 11.1 Å². The van der Waals surface area contributed by atoms with Crippen molar-refractivity contribution >= 4 is 32.7 Å². The molecule has 4 aromatic rings. The summed E-state index contributed by atoms with van der Waals surface area (Å²) in [4.78, 5) is 36.0. The molecule has 0 spiro atoms. The standard InChI is InChI=1S/C23H23N5O3S/c1-27(13-16-7-4-3-5-8-16)23-26-21-20(32-23)22(30)28(15-25-21)14-19(29)24-12-17-9-6-10-18(11-17)31-2/h3-11,15H,12-14H2,1-2H3,(H,24,29). The van der Waals surface area contributed by atoms with Gasteiger partial charge in [0.15, 0.2) is 10.8 Å². The maximum absolute atomic E-state index is 12.9. The summed E-state index contributed by atoms with van der Waals surface area (Å²) in [7, 11) is 3.52. The third-order valence-electron chi connectivity index (χ3n) is 4.90. The summed E-state index contributed by atoms with van der Waals surface area (Å²) in [6.07, 6.45) is 1.37. The molecule has 0 bridgehead atoms. The van der Waals surface area contributed by atoms with Crippen molar-refractivity contribution in [3.8, 4) is 5.75 Å². The molecule has 1 N–H and O–H groups in total. The van der Waals surface area contributed by atoms with Gasteiger partial charge in [0.1, 0.15) is 23.3 Å². The number of thiazole rings is 1. The van der Waals surface area contributed by atoms with Crippen molar-refractivity contribution in [1.29, 1.82) is 0 Å². The average molecular weight is 450 g/mol. The van der Waals surface area contributed by atoms with Crippen LogP contribution >= 0.6 is 11.3 Å². The molecule has 164 valence electrons. The van der Waals surface area contributed by atoms with Crippen molar-refractivity contribution in [2.45, 2.75) is 19.6 Å². The number of aromatic nitrogens is 3. The number of nitrogens with zero attached hydrogens (tertiary/aromatic N) is 4. The first kappa shape index (κ1) is 21.5. The van der Waals surface area contributed by atoms with E-state index in [-0.39, 0.29) is 18.0 Å². The molecule has 2 aromatic carbocycles. The Hall–Kier alpha value is -3.72. The molecule has 0 unspecified atom stereocenters. The highest BCUT2D eigenvalue weighted by atomic mass is 32.1. The first-order valence-corrected chi connectivity index (χ1v) is 10.9. The molecule has 1 amide bonds. The fourth-order valence-corrected chi connectivity index (χ4v) is 4.16. The zero-order valence-electron chi connectivity index (χ0n) is 17.8. The molecular weight excluding hydrogens is 426 g/mol. The second-order valence-electron chi connectivity index (χ2n) is 7.30. The number of rotatable bonds is 8. The van der Waals surface area contributed by atoms with Crippen LogP contribution < -0.4 is 20.5 Å². The van der Waals surface area contributed by atoms with Gasteiger partial charge >= 0.3 is 0 Å². The number of methoxy groups -OCH3 is 1. The molecule has 2 heterocycles. The Morgan fingerprint density at radius 2 is 1.94 bits per heavy atom. The maximum Gasteiger partial charge on any atom is 0.273 e. The van der Waals surface area contributed by atoms with E-state index in [9.17, 15) is 9.59 Å². The van der Waals surface area contributed by atoms with E-state index in [0.29, 0.717) is 28.6 Å². The van der Waals surface area contributed by atoms with E-state index in [1.807, 2.05) is 66.5 Å². The Labute approximate surface area is 189 Å². The highest BCUT2D eigenvalue weighted by Crippen LogP contribution is 2.25. The number of anilines is 1. The summed E-state index contributed by atoms with van der Waals surface area (Å²) in [6, 6.07) is 17.5. The van der Waals surface area contributed by atoms with Gasteiger partial charge in [-0.3, -0.25) is 14.2 Å². The third kappa shape index (κ3) is 4.94. The van der Waals surface area contributed by atoms with Crippen LogP contribution in [0.2, 0.25) is 0 Å². The molecule has 0 atom stereocenters. The van der Waals surface area contributed by atoms with Crippen molar-refractivity contribution in [2.75, 3.05) is 19.1 Å². The molecular formula is C23H23N5O3S. The molecule has 0 aliphatic heterocycles. The van der Waals surface area contributed by atoms with Gasteiger partial charge < -0.3 is 15.0 Å². The number of amides is 1. The molecule has 0 aliphatic carbocycles. The topological polar surface area (TPSA) is 89.3 Å². The number of nitrogens with one attached hydrogen (secondary N) is 1.